The summed E-state index contributed by atoms with van der Waals surface area (Å²) in [6, 6.07) is 5.48. The first-order chi connectivity index (χ1) is 8.31. The Kier molecular flexibility index (Phi) is 6.39. The van der Waals surface area contributed by atoms with Gasteiger partial charge in [0.05, 0.1) is 0 Å². The zero-order chi connectivity index (χ0) is 12.5. The predicted molar refractivity (Wildman–Crippen MR) is 62.2 cm³/mol. The van der Waals surface area contributed by atoms with Gasteiger partial charge < -0.3 is 24.1 Å². The molecule has 0 saturated carbocycles. The Labute approximate surface area is 101 Å². The summed E-state index contributed by atoms with van der Waals surface area (Å²) < 4.78 is 20.4. The topological polar surface area (TPSA) is 57.2 Å². The molecule has 0 spiro atoms. The van der Waals surface area contributed by atoms with Crippen molar-refractivity contribution < 1.29 is 24.1 Å². The summed E-state index contributed by atoms with van der Waals surface area (Å²) in [7, 11) is 3.10. The van der Waals surface area contributed by atoms with Crippen LogP contribution in [0.1, 0.15) is 5.56 Å². The van der Waals surface area contributed by atoms with Crippen molar-refractivity contribution in [2.24, 2.45) is 0 Å². The zero-order valence-electron chi connectivity index (χ0n) is 10.1. The summed E-state index contributed by atoms with van der Waals surface area (Å²) in [5, 5.41) is 8.88. The smallest absolute Gasteiger partial charge is 0.188 e. The first kappa shape index (κ1) is 13.8. The lowest BCUT2D eigenvalue weighted by Crippen LogP contribution is -2.05. The van der Waals surface area contributed by atoms with E-state index in [2.05, 4.69) is 0 Å². The van der Waals surface area contributed by atoms with Crippen molar-refractivity contribution in [2.75, 3.05) is 34.4 Å². The molecule has 1 aromatic carbocycles. The minimum absolute atomic E-state index is 0.0992. The number of aliphatic hydroxyl groups excluding tert-OH is 1. The Bertz CT molecular complexity index is 327. The Morgan fingerprint density at radius 2 is 1.65 bits per heavy atom. The molecule has 0 aromatic heterocycles. The van der Waals surface area contributed by atoms with Crippen LogP contribution >= 0.6 is 0 Å². The molecule has 0 aliphatic rings. The minimum atomic E-state index is 0.0992. The van der Waals surface area contributed by atoms with E-state index in [4.69, 9.17) is 24.1 Å². The van der Waals surface area contributed by atoms with E-state index in [0.29, 0.717) is 17.9 Å². The van der Waals surface area contributed by atoms with Crippen LogP contribution in [0.25, 0.3) is 0 Å². The lowest BCUT2D eigenvalue weighted by molar-refractivity contribution is 0.0322. The predicted octanol–water partition coefficient (Wildman–Crippen LogP) is 1.19. The van der Waals surface area contributed by atoms with Crippen molar-refractivity contribution in [3.8, 4) is 11.5 Å². The molecular formula is C12H18O5. The largest absolute Gasteiger partial charge is 0.464 e. The molecule has 0 atom stereocenters. The van der Waals surface area contributed by atoms with Crippen molar-refractivity contribution in [1.29, 1.82) is 0 Å². The Balaban J connectivity index is 2.78. The van der Waals surface area contributed by atoms with Gasteiger partial charge in [0.2, 0.25) is 0 Å². The normalized spacial score (nSPS) is 10.3. The van der Waals surface area contributed by atoms with Crippen LogP contribution in [-0.2, 0) is 15.9 Å². The third kappa shape index (κ3) is 4.60. The molecule has 0 heterocycles. The molecule has 1 N–H and O–H groups in total. The summed E-state index contributed by atoms with van der Waals surface area (Å²) in [5.74, 6) is 1.17. The molecular weight excluding hydrogens is 224 g/mol. The monoisotopic (exact) mass is 242 g/mol. The molecule has 5 heteroatoms. The van der Waals surface area contributed by atoms with Crippen LogP contribution < -0.4 is 9.47 Å². The van der Waals surface area contributed by atoms with Crippen molar-refractivity contribution >= 4 is 0 Å². The minimum Gasteiger partial charge on any atom is -0.464 e. The highest BCUT2D eigenvalue weighted by molar-refractivity contribution is 5.43. The number of aliphatic hydroxyl groups is 1. The van der Waals surface area contributed by atoms with Crippen molar-refractivity contribution in [3.05, 3.63) is 23.8 Å². The van der Waals surface area contributed by atoms with E-state index in [0.717, 1.165) is 5.56 Å². The van der Waals surface area contributed by atoms with Gasteiger partial charge in [0.15, 0.2) is 25.1 Å². The van der Waals surface area contributed by atoms with Gasteiger partial charge in [0, 0.05) is 20.8 Å². The SMILES string of the molecule is COCOc1ccc(CCO)cc1OCOC. The maximum atomic E-state index is 8.88. The van der Waals surface area contributed by atoms with Crippen LogP contribution in [0.4, 0.5) is 0 Å². The van der Waals surface area contributed by atoms with Crippen molar-refractivity contribution in [1.82, 2.24) is 0 Å². The fourth-order valence-corrected chi connectivity index (χ4v) is 1.31. The molecule has 1 rings (SSSR count). The summed E-state index contributed by atoms with van der Waals surface area (Å²) in [5.41, 5.74) is 0.975. The zero-order valence-corrected chi connectivity index (χ0v) is 10.1. The number of hydrogen-bond acceptors (Lipinski definition) is 5. The van der Waals surface area contributed by atoms with Gasteiger partial charge in [0.25, 0.3) is 0 Å². The van der Waals surface area contributed by atoms with Crippen molar-refractivity contribution in [3.63, 3.8) is 0 Å². The van der Waals surface area contributed by atoms with E-state index in [-0.39, 0.29) is 20.2 Å². The molecule has 0 fully saturated rings. The second kappa shape index (κ2) is 7.89. The van der Waals surface area contributed by atoms with Crippen LogP contribution in [0.5, 0.6) is 11.5 Å². The fraction of sp³-hybridized carbons (Fsp3) is 0.500. The lowest BCUT2D eigenvalue weighted by atomic mass is 10.1. The molecule has 96 valence electrons. The molecule has 0 unspecified atom stereocenters. The number of benzene rings is 1. The highest BCUT2D eigenvalue weighted by Gasteiger charge is 2.06. The quantitative estimate of drug-likeness (QED) is 0.694. The van der Waals surface area contributed by atoms with Gasteiger partial charge in [-0.25, -0.2) is 0 Å². The number of methoxy groups -OCH3 is 2. The van der Waals surface area contributed by atoms with Gasteiger partial charge in [-0.3, -0.25) is 0 Å². The third-order valence-corrected chi connectivity index (χ3v) is 2.07. The highest BCUT2D eigenvalue weighted by Crippen LogP contribution is 2.28. The van der Waals surface area contributed by atoms with E-state index < -0.39 is 0 Å². The van der Waals surface area contributed by atoms with Crippen LogP contribution in [-0.4, -0.2) is 39.5 Å². The number of hydrogen-bond donors (Lipinski definition) is 1. The number of rotatable bonds is 8. The summed E-state index contributed by atoms with van der Waals surface area (Å²) in [6.07, 6.45) is 0.577. The number of ether oxygens (including phenoxy) is 4. The first-order valence-corrected chi connectivity index (χ1v) is 5.29. The molecule has 0 aliphatic heterocycles. The van der Waals surface area contributed by atoms with Gasteiger partial charge >= 0.3 is 0 Å². The third-order valence-electron chi connectivity index (χ3n) is 2.07. The molecule has 0 radical (unpaired) electrons. The second-order valence-corrected chi connectivity index (χ2v) is 3.36. The molecule has 0 saturated heterocycles. The Morgan fingerprint density at radius 3 is 2.24 bits per heavy atom. The van der Waals surface area contributed by atoms with Gasteiger partial charge in [-0.1, -0.05) is 6.07 Å². The van der Waals surface area contributed by atoms with E-state index in [1.807, 2.05) is 12.1 Å². The van der Waals surface area contributed by atoms with E-state index >= 15 is 0 Å². The van der Waals surface area contributed by atoms with Gasteiger partial charge in [0.1, 0.15) is 0 Å². The Morgan fingerprint density at radius 1 is 1.00 bits per heavy atom. The average molecular weight is 242 g/mol. The van der Waals surface area contributed by atoms with E-state index in [9.17, 15) is 0 Å². The molecule has 5 nitrogen and oxygen atoms in total. The maximum absolute atomic E-state index is 8.88. The summed E-state index contributed by atoms with van der Waals surface area (Å²) in [6.45, 7) is 0.399. The van der Waals surface area contributed by atoms with Gasteiger partial charge in [-0.2, -0.15) is 0 Å². The van der Waals surface area contributed by atoms with E-state index in [1.54, 1.807) is 20.3 Å². The standard InChI is InChI=1S/C12H18O5/c1-14-8-16-11-4-3-10(5-6-13)7-12(11)17-9-15-2/h3-4,7,13H,5-6,8-9H2,1-2H3. The maximum Gasteiger partial charge on any atom is 0.188 e. The lowest BCUT2D eigenvalue weighted by Gasteiger charge is -2.12. The van der Waals surface area contributed by atoms with Gasteiger partial charge in [-0.15, -0.1) is 0 Å². The Hall–Kier alpha value is -1.30. The molecule has 0 bridgehead atoms. The van der Waals surface area contributed by atoms with Gasteiger partial charge in [-0.05, 0) is 24.1 Å². The van der Waals surface area contributed by atoms with Crippen LogP contribution in [0.3, 0.4) is 0 Å². The first-order valence-electron chi connectivity index (χ1n) is 5.29. The molecule has 17 heavy (non-hydrogen) atoms. The summed E-state index contributed by atoms with van der Waals surface area (Å²) in [4.78, 5) is 0. The highest BCUT2D eigenvalue weighted by atomic mass is 16.7. The van der Waals surface area contributed by atoms with Crippen LogP contribution in [0, 0.1) is 0 Å². The summed E-state index contributed by atoms with van der Waals surface area (Å²) >= 11 is 0. The van der Waals surface area contributed by atoms with E-state index in [1.165, 1.54) is 0 Å². The molecule has 0 aliphatic carbocycles. The average Bonchev–Trinajstić information content (AvgIpc) is 2.35. The van der Waals surface area contributed by atoms with Crippen LogP contribution in [0.2, 0.25) is 0 Å². The molecule has 0 amide bonds. The second-order valence-electron chi connectivity index (χ2n) is 3.36. The molecule has 1 aromatic rings. The van der Waals surface area contributed by atoms with Crippen LogP contribution in [0.15, 0.2) is 18.2 Å². The fourth-order valence-electron chi connectivity index (χ4n) is 1.31. The van der Waals surface area contributed by atoms with Crippen molar-refractivity contribution in [2.45, 2.75) is 6.42 Å².